The van der Waals surface area contributed by atoms with Gasteiger partial charge in [-0.05, 0) is 25.1 Å². The lowest BCUT2D eigenvalue weighted by Crippen LogP contribution is -2.46. The first-order chi connectivity index (χ1) is 10.7. The molecule has 0 aromatic carbocycles. The average Bonchev–Trinajstić information content (AvgIpc) is 2.95. The Morgan fingerprint density at radius 1 is 1.26 bits per heavy atom. The summed E-state index contributed by atoms with van der Waals surface area (Å²) in [5.74, 6) is -2.25. The van der Waals surface area contributed by atoms with Crippen molar-refractivity contribution in [3.63, 3.8) is 0 Å². The molecular formula is C15H15F3N2O3. The van der Waals surface area contributed by atoms with E-state index in [4.69, 9.17) is 4.74 Å². The van der Waals surface area contributed by atoms with Gasteiger partial charge in [0.1, 0.15) is 5.75 Å². The molecule has 0 fully saturated rings. The third kappa shape index (κ3) is 3.01. The van der Waals surface area contributed by atoms with Crippen LogP contribution in [-0.2, 0) is 4.79 Å². The smallest absolute Gasteiger partial charge is 0.471 e. The van der Waals surface area contributed by atoms with Gasteiger partial charge in [-0.1, -0.05) is 0 Å². The van der Waals surface area contributed by atoms with Crippen molar-refractivity contribution in [1.82, 2.24) is 9.30 Å². The number of ether oxygens (including phenoxy) is 1. The molecule has 124 valence electrons. The number of aromatic nitrogens is 1. The summed E-state index contributed by atoms with van der Waals surface area (Å²) < 4.78 is 44.3. The van der Waals surface area contributed by atoms with Crippen LogP contribution < -0.4 is 4.74 Å². The standard InChI is InChI=1S/C15H15F3N2O3/c1-9(19(2)14(22)15(16,17)18)13(21)10-6-8-20-7-4-5-11(23-3)12(10)20/h4-9H,1-3H3. The molecule has 0 aliphatic carbocycles. The van der Waals surface area contributed by atoms with E-state index in [-0.39, 0.29) is 5.56 Å². The summed E-state index contributed by atoms with van der Waals surface area (Å²) in [5, 5.41) is 0. The number of ketones is 1. The van der Waals surface area contributed by atoms with E-state index in [1.54, 1.807) is 28.9 Å². The first kappa shape index (κ1) is 16.9. The van der Waals surface area contributed by atoms with Gasteiger partial charge in [0, 0.05) is 25.0 Å². The Bertz CT molecular complexity index is 752. The Morgan fingerprint density at radius 3 is 2.48 bits per heavy atom. The highest BCUT2D eigenvalue weighted by Crippen LogP contribution is 2.26. The Morgan fingerprint density at radius 2 is 1.91 bits per heavy atom. The zero-order chi connectivity index (χ0) is 17.4. The minimum atomic E-state index is -5.02. The van der Waals surface area contributed by atoms with Gasteiger partial charge in [0.2, 0.25) is 0 Å². The van der Waals surface area contributed by atoms with Crippen molar-refractivity contribution in [2.75, 3.05) is 14.2 Å². The third-order valence-electron chi connectivity index (χ3n) is 3.65. The Kier molecular flexibility index (Phi) is 4.35. The van der Waals surface area contributed by atoms with Crippen LogP contribution in [0.5, 0.6) is 5.75 Å². The number of fused-ring (bicyclic) bond motifs is 1. The zero-order valence-electron chi connectivity index (χ0n) is 12.7. The highest BCUT2D eigenvalue weighted by Gasteiger charge is 2.43. The second-order valence-corrected chi connectivity index (χ2v) is 5.02. The Labute approximate surface area is 130 Å². The van der Waals surface area contributed by atoms with Gasteiger partial charge in [-0.2, -0.15) is 13.2 Å². The molecule has 2 heterocycles. The number of hydrogen-bond acceptors (Lipinski definition) is 3. The third-order valence-corrected chi connectivity index (χ3v) is 3.65. The molecule has 8 heteroatoms. The number of nitrogens with zero attached hydrogens (tertiary/aromatic N) is 2. The van der Waals surface area contributed by atoms with Gasteiger partial charge in [0.25, 0.3) is 0 Å². The monoisotopic (exact) mass is 328 g/mol. The van der Waals surface area contributed by atoms with E-state index in [1.807, 2.05) is 0 Å². The van der Waals surface area contributed by atoms with Crippen LogP contribution in [-0.4, -0.2) is 47.4 Å². The molecule has 0 saturated heterocycles. The van der Waals surface area contributed by atoms with Gasteiger partial charge in [0.15, 0.2) is 5.78 Å². The molecule has 0 aliphatic rings. The highest BCUT2D eigenvalue weighted by atomic mass is 19.4. The first-order valence-electron chi connectivity index (χ1n) is 6.70. The Balaban J connectivity index is 2.39. The molecule has 0 radical (unpaired) electrons. The van der Waals surface area contributed by atoms with Crippen molar-refractivity contribution in [2.24, 2.45) is 0 Å². The number of carbonyl (C=O) groups is 2. The molecule has 0 spiro atoms. The lowest BCUT2D eigenvalue weighted by molar-refractivity contribution is -0.185. The largest absolute Gasteiger partial charge is 0.495 e. The van der Waals surface area contributed by atoms with E-state index in [9.17, 15) is 22.8 Å². The topological polar surface area (TPSA) is 51.0 Å². The molecule has 2 aromatic heterocycles. The number of amides is 1. The van der Waals surface area contributed by atoms with E-state index >= 15 is 0 Å². The van der Waals surface area contributed by atoms with Gasteiger partial charge in [-0.3, -0.25) is 9.59 Å². The number of likely N-dealkylation sites (N-methyl/N-ethyl adjacent to an activating group) is 1. The number of rotatable bonds is 4. The quantitative estimate of drug-likeness (QED) is 0.811. The zero-order valence-corrected chi connectivity index (χ0v) is 12.7. The van der Waals surface area contributed by atoms with Gasteiger partial charge < -0.3 is 14.0 Å². The fourth-order valence-corrected chi connectivity index (χ4v) is 2.27. The van der Waals surface area contributed by atoms with Crippen LogP contribution in [0.15, 0.2) is 30.6 Å². The maximum absolute atomic E-state index is 12.5. The minimum absolute atomic E-state index is 0.191. The number of hydrogen-bond donors (Lipinski definition) is 0. The SMILES string of the molecule is COc1cccn2ccc(C(=O)C(C)N(C)C(=O)C(F)(F)F)c12. The van der Waals surface area contributed by atoms with E-state index in [1.165, 1.54) is 20.1 Å². The van der Waals surface area contributed by atoms with Crippen LogP contribution in [0.2, 0.25) is 0 Å². The van der Waals surface area contributed by atoms with Crippen LogP contribution in [0.3, 0.4) is 0 Å². The van der Waals surface area contributed by atoms with Crippen LogP contribution in [0.1, 0.15) is 17.3 Å². The molecule has 0 aliphatic heterocycles. The van der Waals surface area contributed by atoms with Crippen molar-refractivity contribution >= 4 is 17.2 Å². The number of methoxy groups -OCH3 is 1. The van der Waals surface area contributed by atoms with E-state index in [0.717, 1.165) is 7.05 Å². The van der Waals surface area contributed by atoms with Gasteiger partial charge in [-0.15, -0.1) is 0 Å². The van der Waals surface area contributed by atoms with Gasteiger partial charge in [-0.25, -0.2) is 0 Å². The lowest BCUT2D eigenvalue weighted by atomic mass is 10.1. The fourth-order valence-electron chi connectivity index (χ4n) is 2.27. The molecule has 23 heavy (non-hydrogen) atoms. The number of Topliss-reactive ketones (excluding diaryl/α,β-unsaturated/α-hetero) is 1. The van der Waals surface area contributed by atoms with Crippen molar-refractivity contribution < 1.29 is 27.5 Å². The molecule has 1 amide bonds. The maximum Gasteiger partial charge on any atom is 0.471 e. The van der Waals surface area contributed by atoms with E-state index in [2.05, 4.69) is 0 Å². The maximum atomic E-state index is 12.5. The molecule has 2 aromatic rings. The summed E-state index contributed by atoms with van der Waals surface area (Å²) in [7, 11) is 2.38. The van der Waals surface area contributed by atoms with Crippen molar-refractivity contribution in [3.8, 4) is 5.75 Å². The van der Waals surface area contributed by atoms with Crippen molar-refractivity contribution in [3.05, 3.63) is 36.2 Å². The van der Waals surface area contributed by atoms with Crippen molar-refractivity contribution in [2.45, 2.75) is 19.1 Å². The van der Waals surface area contributed by atoms with Crippen LogP contribution >= 0.6 is 0 Å². The summed E-state index contributed by atoms with van der Waals surface area (Å²) in [6.45, 7) is 1.25. The number of carbonyl (C=O) groups excluding carboxylic acids is 2. The Hall–Kier alpha value is -2.51. The molecule has 5 nitrogen and oxygen atoms in total. The highest BCUT2D eigenvalue weighted by molar-refractivity contribution is 6.08. The molecule has 0 N–H and O–H groups in total. The molecule has 0 saturated carbocycles. The molecule has 0 bridgehead atoms. The van der Waals surface area contributed by atoms with E-state index in [0.29, 0.717) is 16.2 Å². The summed E-state index contributed by atoms with van der Waals surface area (Å²) in [6, 6.07) is 3.58. The molecule has 1 unspecified atom stereocenters. The second kappa shape index (κ2) is 5.94. The van der Waals surface area contributed by atoms with Crippen LogP contribution in [0, 0.1) is 0 Å². The van der Waals surface area contributed by atoms with Gasteiger partial charge >= 0.3 is 12.1 Å². The lowest BCUT2D eigenvalue weighted by Gasteiger charge is -2.24. The van der Waals surface area contributed by atoms with E-state index < -0.39 is 23.9 Å². The predicted octanol–water partition coefficient (Wildman–Crippen LogP) is 2.54. The first-order valence-corrected chi connectivity index (χ1v) is 6.70. The molecule has 2 rings (SSSR count). The van der Waals surface area contributed by atoms with Crippen LogP contribution in [0.25, 0.3) is 5.52 Å². The average molecular weight is 328 g/mol. The summed E-state index contributed by atoms with van der Waals surface area (Å²) in [5.41, 5.74) is 0.636. The van der Waals surface area contributed by atoms with Crippen LogP contribution in [0.4, 0.5) is 13.2 Å². The number of halogens is 3. The van der Waals surface area contributed by atoms with Gasteiger partial charge in [0.05, 0.1) is 18.7 Å². The number of pyridine rings is 1. The van der Waals surface area contributed by atoms with Crippen molar-refractivity contribution in [1.29, 1.82) is 0 Å². The second-order valence-electron chi connectivity index (χ2n) is 5.02. The summed E-state index contributed by atoms with van der Waals surface area (Å²) in [4.78, 5) is 24.2. The summed E-state index contributed by atoms with van der Waals surface area (Å²) in [6.07, 6.45) is -1.74. The molecular weight excluding hydrogens is 313 g/mol. The minimum Gasteiger partial charge on any atom is -0.495 e. The predicted molar refractivity (Wildman–Crippen MR) is 76.6 cm³/mol. The number of alkyl halides is 3. The summed E-state index contributed by atoms with van der Waals surface area (Å²) >= 11 is 0. The molecule has 1 atom stereocenters. The fraction of sp³-hybridized carbons (Fsp3) is 0.333. The normalized spacial score (nSPS) is 13.0.